The van der Waals surface area contributed by atoms with E-state index in [1.165, 1.54) is 12.1 Å². The second-order valence-electron chi connectivity index (χ2n) is 5.74. The van der Waals surface area contributed by atoms with Crippen LogP contribution in [0.2, 0.25) is 0 Å². The van der Waals surface area contributed by atoms with Crippen molar-refractivity contribution in [2.24, 2.45) is 0 Å². The van der Waals surface area contributed by atoms with Crippen molar-refractivity contribution in [3.05, 3.63) is 66.5 Å². The monoisotopic (exact) mass is 349 g/mol. The largest absolute Gasteiger partial charge is 0.383 e. The highest BCUT2D eigenvalue weighted by molar-refractivity contribution is 5.82. The Morgan fingerprint density at radius 2 is 1.58 bits per heavy atom. The Morgan fingerprint density at radius 3 is 2.27 bits per heavy atom. The third-order valence-electron chi connectivity index (χ3n) is 4.01. The van der Waals surface area contributed by atoms with Crippen LogP contribution < -0.4 is 5.73 Å². The number of aromatic nitrogens is 4. The molecule has 0 saturated carbocycles. The highest BCUT2D eigenvalue weighted by Gasteiger charge is 2.22. The number of rotatable bonds is 3. The van der Waals surface area contributed by atoms with Gasteiger partial charge in [0.2, 0.25) is 0 Å². The van der Waals surface area contributed by atoms with Gasteiger partial charge in [0.05, 0.1) is 5.56 Å². The molecule has 0 spiro atoms. The summed E-state index contributed by atoms with van der Waals surface area (Å²) in [4.78, 5) is 13.1. The molecular formula is C18H15N5O3. The van der Waals surface area contributed by atoms with Gasteiger partial charge in [-0.15, -0.1) is 0 Å². The topological polar surface area (TPSA) is 130 Å². The minimum atomic E-state index is -2.90. The van der Waals surface area contributed by atoms with Crippen molar-refractivity contribution in [2.75, 3.05) is 5.73 Å². The molecule has 0 fully saturated rings. The number of fused-ring (bicyclic) bond motifs is 1. The predicted molar refractivity (Wildman–Crippen MR) is 94.8 cm³/mol. The van der Waals surface area contributed by atoms with Gasteiger partial charge in [-0.2, -0.15) is 0 Å². The number of hydrogen-bond donors (Lipinski definition) is 4. The Morgan fingerprint density at radius 1 is 0.885 bits per heavy atom. The molecule has 0 bridgehead atoms. The van der Waals surface area contributed by atoms with Crippen molar-refractivity contribution in [1.29, 1.82) is 0 Å². The van der Waals surface area contributed by atoms with Gasteiger partial charge in [0.25, 0.3) is 0 Å². The minimum absolute atomic E-state index is 0.0546. The highest BCUT2D eigenvalue weighted by atomic mass is 16.7. The summed E-state index contributed by atoms with van der Waals surface area (Å²) < 4.78 is 1.79. The van der Waals surface area contributed by atoms with E-state index in [4.69, 9.17) is 5.73 Å². The molecule has 0 aliphatic carbocycles. The average Bonchev–Trinajstić information content (AvgIpc) is 3.00. The summed E-state index contributed by atoms with van der Waals surface area (Å²) in [5, 5.41) is 27.9. The summed E-state index contributed by atoms with van der Waals surface area (Å²) in [5.41, 5.74) is 8.57. The fraction of sp³-hybridized carbons (Fsp3) is 0.0556. The van der Waals surface area contributed by atoms with Crippen molar-refractivity contribution >= 4 is 17.0 Å². The van der Waals surface area contributed by atoms with Gasteiger partial charge in [0.1, 0.15) is 11.3 Å². The lowest BCUT2D eigenvalue weighted by Crippen LogP contribution is -2.23. The van der Waals surface area contributed by atoms with Crippen LogP contribution in [0.1, 0.15) is 5.56 Å². The van der Waals surface area contributed by atoms with E-state index in [0.717, 1.165) is 0 Å². The molecule has 4 aromatic rings. The standard InChI is InChI=1S/C18H15N5O3/c19-15-13(3-1-9-20-15)16-22-14-4-2-10-21-17(14)23(16)12-7-5-11(6-8-12)18(24,25)26/h1-10,24-26H,(H2,19,20). The van der Waals surface area contributed by atoms with Crippen LogP contribution in [0.3, 0.4) is 0 Å². The number of nitrogen functional groups attached to an aromatic ring is 1. The van der Waals surface area contributed by atoms with E-state index in [9.17, 15) is 15.3 Å². The second kappa shape index (κ2) is 5.88. The van der Waals surface area contributed by atoms with Crippen LogP contribution in [0, 0.1) is 0 Å². The molecule has 26 heavy (non-hydrogen) atoms. The molecule has 3 heterocycles. The molecule has 1 aromatic carbocycles. The number of imidazole rings is 1. The lowest BCUT2D eigenvalue weighted by molar-refractivity contribution is -0.323. The number of nitrogens with zero attached hydrogens (tertiary/aromatic N) is 4. The molecule has 0 amide bonds. The zero-order valence-electron chi connectivity index (χ0n) is 13.5. The minimum Gasteiger partial charge on any atom is -0.383 e. The van der Waals surface area contributed by atoms with Crippen LogP contribution in [-0.4, -0.2) is 34.8 Å². The molecule has 5 N–H and O–H groups in total. The van der Waals surface area contributed by atoms with E-state index in [1.807, 2.05) is 12.1 Å². The SMILES string of the molecule is Nc1ncccc1-c1nc2cccnc2n1-c1ccc(C(O)(O)O)cc1. The Bertz CT molecular complexity index is 1080. The molecule has 8 nitrogen and oxygen atoms in total. The number of benzene rings is 1. The van der Waals surface area contributed by atoms with Gasteiger partial charge in [0, 0.05) is 23.6 Å². The molecule has 4 rings (SSSR count). The van der Waals surface area contributed by atoms with E-state index < -0.39 is 5.97 Å². The van der Waals surface area contributed by atoms with E-state index in [2.05, 4.69) is 15.0 Å². The lowest BCUT2D eigenvalue weighted by Gasteiger charge is -2.15. The molecule has 3 aromatic heterocycles. The molecule has 0 aliphatic heterocycles. The molecular weight excluding hydrogens is 334 g/mol. The zero-order valence-corrected chi connectivity index (χ0v) is 13.5. The number of nitrogens with two attached hydrogens (primary N) is 1. The maximum absolute atomic E-state index is 9.31. The normalized spacial score (nSPS) is 11.8. The molecule has 8 heteroatoms. The summed E-state index contributed by atoms with van der Waals surface area (Å²) in [7, 11) is 0. The second-order valence-corrected chi connectivity index (χ2v) is 5.74. The van der Waals surface area contributed by atoms with E-state index >= 15 is 0 Å². The molecule has 0 radical (unpaired) electrons. The first-order valence-electron chi connectivity index (χ1n) is 7.77. The quantitative estimate of drug-likeness (QED) is 0.408. The van der Waals surface area contributed by atoms with Crippen molar-refractivity contribution in [2.45, 2.75) is 5.97 Å². The van der Waals surface area contributed by atoms with Gasteiger partial charge in [-0.25, -0.2) is 15.0 Å². The molecule has 0 atom stereocenters. The first kappa shape index (κ1) is 16.2. The summed E-state index contributed by atoms with van der Waals surface area (Å²) in [6.45, 7) is 0. The van der Waals surface area contributed by atoms with Gasteiger partial charge < -0.3 is 21.1 Å². The van der Waals surface area contributed by atoms with Crippen LogP contribution in [0.25, 0.3) is 28.2 Å². The Kier molecular flexibility index (Phi) is 3.66. The van der Waals surface area contributed by atoms with Crippen molar-refractivity contribution in [3.8, 4) is 17.1 Å². The summed E-state index contributed by atoms with van der Waals surface area (Å²) in [5.74, 6) is -2.01. The van der Waals surface area contributed by atoms with Crippen LogP contribution in [0.4, 0.5) is 5.82 Å². The van der Waals surface area contributed by atoms with Gasteiger partial charge in [0.15, 0.2) is 11.5 Å². The van der Waals surface area contributed by atoms with Crippen LogP contribution in [-0.2, 0) is 5.97 Å². The third-order valence-corrected chi connectivity index (χ3v) is 4.01. The van der Waals surface area contributed by atoms with Crippen molar-refractivity contribution in [1.82, 2.24) is 19.5 Å². The number of aliphatic hydroxyl groups is 3. The summed E-state index contributed by atoms with van der Waals surface area (Å²) >= 11 is 0. The fourth-order valence-corrected chi connectivity index (χ4v) is 2.78. The molecule has 0 unspecified atom stereocenters. The van der Waals surface area contributed by atoms with E-state index in [0.29, 0.717) is 34.1 Å². The van der Waals surface area contributed by atoms with E-state index in [1.54, 1.807) is 41.2 Å². The maximum atomic E-state index is 9.31. The van der Waals surface area contributed by atoms with Crippen LogP contribution in [0.5, 0.6) is 0 Å². The first-order valence-corrected chi connectivity index (χ1v) is 7.77. The zero-order chi connectivity index (χ0) is 18.3. The van der Waals surface area contributed by atoms with Gasteiger partial charge >= 0.3 is 5.97 Å². The Hall–Kier alpha value is -3.33. The van der Waals surface area contributed by atoms with Gasteiger partial charge in [-0.1, -0.05) is 0 Å². The lowest BCUT2D eigenvalue weighted by atomic mass is 10.1. The van der Waals surface area contributed by atoms with Gasteiger partial charge in [-0.05, 0) is 48.5 Å². The fourth-order valence-electron chi connectivity index (χ4n) is 2.78. The highest BCUT2D eigenvalue weighted by Crippen LogP contribution is 2.30. The van der Waals surface area contributed by atoms with Crippen molar-refractivity contribution in [3.63, 3.8) is 0 Å². The summed E-state index contributed by atoms with van der Waals surface area (Å²) in [6.07, 6.45) is 3.26. The number of hydrogen-bond acceptors (Lipinski definition) is 7. The van der Waals surface area contributed by atoms with Crippen LogP contribution >= 0.6 is 0 Å². The van der Waals surface area contributed by atoms with Crippen molar-refractivity contribution < 1.29 is 15.3 Å². The van der Waals surface area contributed by atoms with Crippen LogP contribution in [0.15, 0.2) is 60.9 Å². The summed E-state index contributed by atoms with van der Waals surface area (Å²) in [6, 6.07) is 13.3. The molecule has 0 saturated heterocycles. The van der Waals surface area contributed by atoms with Gasteiger partial charge in [-0.3, -0.25) is 4.57 Å². The number of anilines is 1. The average molecular weight is 349 g/mol. The first-order chi connectivity index (χ1) is 12.4. The maximum Gasteiger partial charge on any atom is 0.304 e. The smallest absolute Gasteiger partial charge is 0.304 e. The Balaban J connectivity index is 1.97. The van der Waals surface area contributed by atoms with E-state index in [-0.39, 0.29) is 5.56 Å². The Labute approximate surface area is 147 Å². The predicted octanol–water partition coefficient (Wildman–Crippen LogP) is 1.15. The molecule has 130 valence electrons. The third kappa shape index (κ3) is 2.68. The molecule has 0 aliphatic rings. The number of pyridine rings is 2.